The van der Waals surface area contributed by atoms with Crippen molar-refractivity contribution in [1.29, 1.82) is 0 Å². The summed E-state index contributed by atoms with van der Waals surface area (Å²) in [4.78, 5) is 20.5. The summed E-state index contributed by atoms with van der Waals surface area (Å²) in [5, 5.41) is 8.26. The van der Waals surface area contributed by atoms with Gasteiger partial charge >= 0.3 is 0 Å². The number of benzene rings is 1. The fourth-order valence-corrected chi connectivity index (χ4v) is 2.99. The Morgan fingerprint density at radius 3 is 2.42 bits per heavy atom. The number of nitrogens with zero attached hydrogens (tertiary/aromatic N) is 5. The van der Waals surface area contributed by atoms with Crippen molar-refractivity contribution in [1.82, 2.24) is 25.0 Å². The maximum absolute atomic E-state index is 12.5. The monoisotopic (exact) mass is 349 g/mol. The highest BCUT2D eigenvalue weighted by Gasteiger charge is 2.23. The van der Waals surface area contributed by atoms with Gasteiger partial charge in [-0.25, -0.2) is 0 Å². The predicted octanol–water partition coefficient (Wildman–Crippen LogP) is 2.09. The third-order valence-electron chi connectivity index (χ3n) is 4.43. The molecule has 4 rings (SSSR count). The molecule has 7 nitrogen and oxygen atoms in total. The lowest BCUT2D eigenvalue weighted by molar-refractivity contribution is 0.0618. The van der Waals surface area contributed by atoms with Crippen molar-refractivity contribution in [3.63, 3.8) is 0 Å². The van der Waals surface area contributed by atoms with Crippen molar-refractivity contribution in [2.75, 3.05) is 26.2 Å². The zero-order valence-electron chi connectivity index (χ0n) is 14.3. The molecule has 7 heteroatoms. The number of rotatable bonds is 4. The van der Waals surface area contributed by atoms with E-state index in [4.69, 9.17) is 4.42 Å². The Morgan fingerprint density at radius 1 is 0.962 bits per heavy atom. The van der Waals surface area contributed by atoms with Crippen LogP contribution in [0.3, 0.4) is 0 Å². The molecule has 2 aromatic heterocycles. The second-order valence-corrected chi connectivity index (χ2v) is 6.17. The number of piperazine rings is 1. The van der Waals surface area contributed by atoms with E-state index in [2.05, 4.69) is 20.1 Å². The second-order valence-electron chi connectivity index (χ2n) is 6.17. The van der Waals surface area contributed by atoms with Crippen LogP contribution in [0.1, 0.15) is 16.2 Å². The predicted molar refractivity (Wildman–Crippen MR) is 95.2 cm³/mol. The van der Waals surface area contributed by atoms with Crippen LogP contribution in [-0.2, 0) is 6.54 Å². The molecule has 0 saturated carbocycles. The summed E-state index contributed by atoms with van der Waals surface area (Å²) >= 11 is 0. The molecule has 3 heterocycles. The Bertz CT molecular complexity index is 858. The first-order valence-electron chi connectivity index (χ1n) is 8.59. The largest absolute Gasteiger partial charge is 0.419 e. The van der Waals surface area contributed by atoms with E-state index in [0.29, 0.717) is 37.0 Å². The van der Waals surface area contributed by atoms with Gasteiger partial charge in [0, 0.05) is 49.7 Å². The lowest BCUT2D eigenvalue weighted by Crippen LogP contribution is -2.48. The smallest absolute Gasteiger partial charge is 0.254 e. The first-order valence-corrected chi connectivity index (χ1v) is 8.59. The first-order chi connectivity index (χ1) is 12.8. The van der Waals surface area contributed by atoms with Crippen molar-refractivity contribution < 1.29 is 9.21 Å². The Morgan fingerprint density at radius 2 is 1.69 bits per heavy atom. The van der Waals surface area contributed by atoms with E-state index >= 15 is 0 Å². The molecule has 0 radical (unpaired) electrons. The summed E-state index contributed by atoms with van der Waals surface area (Å²) < 4.78 is 5.76. The van der Waals surface area contributed by atoms with Crippen LogP contribution in [0.25, 0.3) is 11.5 Å². The highest BCUT2D eigenvalue weighted by molar-refractivity contribution is 5.94. The van der Waals surface area contributed by atoms with Crippen molar-refractivity contribution >= 4 is 5.91 Å². The lowest BCUT2D eigenvalue weighted by Gasteiger charge is -2.34. The van der Waals surface area contributed by atoms with Gasteiger partial charge in [-0.05, 0) is 24.3 Å². The number of carbonyl (C=O) groups is 1. The molecule has 3 aromatic rings. The number of aromatic nitrogens is 3. The molecule has 1 aliphatic rings. The summed E-state index contributed by atoms with van der Waals surface area (Å²) in [6.07, 6.45) is 3.28. The van der Waals surface area contributed by atoms with Gasteiger partial charge in [0.05, 0.1) is 6.54 Å². The van der Waals surface area contributed by atoms with Gasteiger partial charge in [-0.1, -0.05) is 18.2 Å². The van der Waals surface area contributed by atoms with E-state index < -0.39 is 0 Å². The SMILES string of the molecule is O=C(c1ccncc1)N1CCN(Cc2nnc(-c3ccccc3)o2)CC1. The Balaban J connectivity index is 1.33. The minimum atomic E-state index is 0.0520. The number of amides is 1. The topological polar surface area (TPSA) is 75.4 Å². The molecule has 1 amide bonds. The van der Waals surface area contributed by atoms with Crippen molar-refractivity contribution in [2.24, 2.45) is 0 Å². The van der Waals surface area contributed by atoms with Crippen LogP contribution in [0.2, 0.25) is 0 Å². The highest BCUT2D eigenvalue weighted by atomic mass is 16.4. The molecular formula is C19H19N5O2. The van der Waals surface area contributed by atoms with Crippen LogP contribution < -0.4 is 0 Å². The molecular weight excluding hydrogens is 330 g/mol. The van der Waals surface area contributed by atoms with Crippen LogP contribution >= 0.6 is 0 Å². The molecule has 1 fully saturated rings. The fourth-order valence-electron chi connectivity index (χ4n) is 2.99. The normalized spacial score (nSPS) is 15.2. The van der Waals surface area contributed by atoms with Gasteiger partial charge < -0.3 is 9.32 Å². The highest BCUT2D eigenvalue weighted by Crippen LogP contribution is 2.18. The van der Waals surface area contributed by atoms with Gasteiger partial charge in [0.1, 0.15) is 0 Å². The van der Waals surface area contributed by atoms with E-state index in [0.717, 1.165) is 18.7 Å². The number of carbonyl (C=O) groups excluding carboxylic acids is 1. The number of hydrogen-bond donors (Lipinski definition) is 0. The number of hydrogen-bond acceptors (Lipinski definition) is 6. The van der Waals surface area contributed by atoms with Crippen molar-refractivity contribution in [2.45, 2.75) is 6.54 Å². The van der Waals surface area contributed by atoms with E-state index in [9.17, 15) is 4.79 Å². The lowest BCUT2D eigenvalue weighted by atomic mass is 10.2. The molecule has 26 heavy (non-hydrogen) atoms. The average Bonchev–Trinajstić information content (AvgIpc) is 3.18. The second kappa shape index (κ2) is 7.45. The molecule has 0 N–H and O–H groups in total. The zero-order valence-corrected chi connectivity index (χ0v) is 14.3. The van der Waals surface area contributed by atoms with Crippen LogP contribution in [0.4, 0.5) is 0 Å². The van der Waals surface area contributed by atoms with Crippen LogP contribution in [-0.4, -0.2) is 57.1 Å². The summed E-state index contributed by atoms with van der Waals surface area (Å²) in [6, 6.07) is 13.2. The standard InChI is InChI=1S/C19H19N5O2/c25-19(16-6-8-20-9-7-16)24-12-10-23(11-13-24)14-17-21-22-18(26-17)15-4-2-1-3-5-15/h1-9H,10-14H2. The maximum atomic E-state index is 12.5. The minimum Gasteiger partial charge on any atom is -0.419 e. The van der Waals surface area contributed by atoms with Crippen molar-refractivity contribution in [3.8, 4) is 11.5 Å². The van der Waals surface area contributed by atoms with E-state index in [1.807, 2.05) is 35.2 Å². The zero-order chi connectivity index (χ0) is 17.8. The van der Waals surface area contributed by atoms with Gasteiger partial charge in [0.2, 0.25) is 11.8 Å². The Hall–Kier alpha value is -3.06. The van der Waals surface area contributed by atoms with Gasteiger partial charge in [0.25, 0.3) is 5.91 Å². The molecule has 0 unspecified atom stereocenters. The average molecular weight is 349 g/mol. The van der Waals surface area contributed by atoms with E-state index in [1.54, 1.807) is 24.5 Å². The van der Waals surface area contributed by atoms with Crippen LogP contribution in [0, 0.1) is 0 Å². The van der Waals surface area contributed by atoms with Gasteiger partial charge in [0.15, 0.2) is 0 Å². The molecule has 0 spiro atoms. The molecule has 1 saturated heterocycles. The van der Waals surface area contributed by atoms with Crippen LogP contribution in [0.15, 0.2) is 59.3 Å². The Labute approximate surface area is 151 Å². The number of pyridine rings is 1. The third kappa shape index (κ3) is 3.62. The summed E-state index contributed by atoms with van der Waals surface area (Å²) in [6.45, 7) is 3.51. The van der Waals surface area contributed by atoms with E-state index in [1.165, 1.54) is 0 Å². The van der Waals surface area contributed by atoms with Crippen molar-refractivity contribution in [3.05, 3.63) is 66.3 Å². The van der Waals surface area contributed by atoms with Crippen LogP contribution in [0.5, 0.6) is 0 Å². The molecule has 1 aromatic carbocycles. The summed E-state index contributed by atoms with van der Waals surface area (Å²) in [5.74, 6) is 1.18. The molecule has 1 aliphatic heterocycles. The first kappa shape index (κ1) is 16.4. The minimum absolute atomic E-state index is 0.0520. The summed E-state index contributed by atoms with van der Waals surface area (Å²) in [5.41, 5.74) is 1.59. The maximum Gasteiger partial charge on any atom is 0.254 e. The third-order valence-corrected chi connectivity index (χ3v) is 4.43. The Kier molecular flexibility index (Phi) is 4.70. The van der Waals surface area contributed by atoms with Gasteiger partial charge in [-0.2, -0.15) is 0 Å². The fraction of sp³-hybridized carbons (Fsp3) is 0.263. The van der Waals surface area contributed by atoms with Gasteiger partial charge in [-0.3, -0.25) is 14.7 Å². The summed E-state index contributed by atoms with van der Waals surface area (Å²) in [7, 11) is 0. The molecule has 0 aliphatic carbocycles. The molecule has 0 bridgehead atoms. The molecule has 0 atom stereocenters. The van der Waals surface area contributed by atoms with E-state index in [-0.39, 0.29) is 5.91 Å². The van der Waals surface area contributed by atoms with Gasteiger partial charge in [-0.15, -0.1) is 10.2 Å². The molecule has 132 valence electrons. The quantitative estimate of drug-likeness (QED) is 0.718.